The summed E-state index contributed by atoms with van der Waals surface area (Å²) in [6.45, 7) is 8.84. The zero-order chi connectivity index (χ0) is 17.6. The highest BCUT2D eigenvalue weighted by atomic mass is 14.2. The average Bonchev–Trinajstić information content (AvgIpc) is 2.59. The second kappa shape index (κ2) is 6.04. The molecule has 0 amide bonds. The largest absolute Gasteiger partial charge is 0.0587 e. The number of rotatable bonds is 2. The lowest BCUT2D eigenvalue weighted by molar-refractivity contribution is 1.16. The van der Waals surface area contributed by atoms with Crippen molar-refractivity contribution in [3.05, 3.63) is 94.0 Å². The molecule has 0 saturated heterocycles. The van der Waals surface area contributed by atoms with Crippen LogP contribution >= 0.6 is 0 Å². The van der Waals surface area contributed by atoms with Crippen LogP contribution in [-0.2, 0) is 6.42 Å². The van der Waals surface area contributed by atoms with E-state index in [1.165, 1.54) is 54.9 Å². The summed E-state index contributed by atoms with van der Waals surface area (Å²) < 4.78 is 0. The number of aryl methyl sites for hydroxylation is 4. The van der Waals surface area contributed by atoms with E-state index < -0.39 is 0 Å². The summed E-state index contributed by atoms with van der Waals surface area (Å²) in [5, 5.41) is 5.45. The van der Waals surface area contributed by atoms with Gasteiger partial charge in [-0.25, -0.2) is 0 Å². The predicted octanol–water partition coefficient (Wildman–Crippen LogP) is 6.82. The second-order valence-corrected chi connectivity index (χ2v) is 7.35. The van der Waals surface area contributed by atoms with Crippen molar-refractivity contribution in [2.24, 2.45) is 0 Å². The lowest BCUT2D eigenvalue weighted by Crippen LogP contribution is -1.98. The molecule has 4 aromatic carbocycles. The molecule has 4 rings (SSSR count). The maximum Gasteiger partial charge on any atom is -0.000820 e. The Morgan fingerprint density at radius 1 is 0.520 bits per heavy atom. The maximum atomic E-state index is 2.34. The Morgan fingerprint density at radius 3 is 1.36 bits per heavy atom. The Morgan fingerprint density at radius 2 is 0.920 bits per heavy atom. The molecule has 124 valence electrons. The molecule has 0 aliphatic rings. The third kappa shape index (κ3) is 2.82. The van der Waals surface area contributed by atoms with E-state index in [1.54, 1.807) is 0 Å². The van der Waals surface area contributed by atoms with E-state index in [2.05, 4.69) is 88.4 Å². The van der Waals surface area contributed by atoms with Crippen molar-refractivity contribution < 1.29 is 0 Å². The van der Waals surface area contributed by atoms with Crippen molar-refractivity contribution in [2.45, 2.75) is 34.1 Å². The highest BCUT2D eigenvalue weighted by Gasteiger charge is 2.11. The molecule has 0 aromatic heterocycles. The first-order chi connectivity index (χ1) is 12.0. The molecule has 0 saturated carbocycles. The summed E-state index contributed by atoms with van der Waals surface area (Å²) in [5.41, 5.74) is 8.32. The van der Waals surface area contributed by atoms with E-state index in [9.17, 15) is 0 Å². The summed E-state index contributed by atoms with van der Waals surface area (Å²) >= 11 is 0. The molecule has 4 aromatic rings. The van der Waals surface area contributed by atoms with Crippen LogP contribution in [-0.4, -0.2) is 0 Å². The number of fused-ring (bicyclic) bond motifs is 2. The second-order valence-electron chi connectivity index (χ2n) is 7.35. The lowest BCUT2D eigenvalue weighted by atomic mass is 9.89. The summed E-state index contributed by atoms with van der Waals surface area (Å²) in [6.07, 6.45) is 0.985. The molecular weight excluding hydrogens is 300 g/mol. The number of hydrogen-bond acceptors (Lipinski definition) is 0. The van der Waals surface area contributed by atoms with Crippen LogP contribution in [0, 0.1) is 27.7 Å². The fourth-order valence-electron chi connectivity index (χ4n) is 3.86. The topological polar surface area (TPSA) is 0 Å². The monoisotopic (exact) mass is 324 g/mol. The molecule has 0 atom stereocenters. The predicted molar refractivity (Wildman–Crippen MR) is 110 cm³/mol. The molecule has 25 heavy (non-hydrogen) atoms. The standard InChI is InChI=1S/C25H24/c1-16-5-9-20-11-7-18(3)22(24(20)13-16)15-23-19(4)8-12-21-10-6-17(2)14-25(21)23/h5-14H,15H2,1-4H3. The van der Waals surface area contributed by atoms with Gasteiger partial charge < -0.3 is 0 Å². The van der Waals surface area contributed by atoms with Gasteiger partial charge in [-0.1, -0.05) is 71.8 Å². The lowest BCUT2D eigenvalue weighted by Gasteiger charge is -2.15. The smallest absolute Gasteiger partial charge is 0.000820 e. The van der Waals surface area contributed by atoms with E-state index >= 15 is 0 Å². The minimum absolute atomic E-state index is 0.985. The van der Waals surface area contributed by atoms with Gasteiger partial charge in [0.05, 0.1) is 0 Å². The molecule has 0 spiro atoms. The maximum absolute atomic E-state index is 2.34. The molecule has 0 bridgehead atoms. The number of hydrogen-bond donors (Lipinski definition) is 0. The normalized spacial score (nSPS) is 11.4. The third-order valence-corrected chi connectivity index (χ3v) is 5.40. The van der Waals surface area contributed by atoms with Crippen molar-refractivity contribution in [1.82, 2.24) is 0 Å². The molecule has 0 fully saturated rings. The third-order valence-electron chi connectivity index (χ3n) is 5.40. The van der Waals surface area contributed by atoms with E-state index in [0.29, 0.717) is 0 Å². The quantitative estimate of drug-likeness (QED) is 0.379. The van der Waals surface area contributed by atoms with Gasteiger partial charge in [0.25, 0.3) is 0 Å². The van der Waals surface area contributed by atoms with Crippen LogP contribution < -0.4 is 0 Å². The Hall–Kier alpha value is -2.60. The molecule has 0 heteroatoms. The fraction of sp³-hybridized carbons (Fsp3) is 0.200. The van der Waals surface area contributed by atoms with Crippen molar-refractivity contribution in [3.8, 4) is 0 Å². The molecule has 0 nitrogen and oxygen atoms in total. The van der Waals surface area contributed by atoms with Crippen molar-refractivity contribution in [3.63, 3.8) is 0 Å². The molecule has 0 radical (unpaired) electrons. The zero-order valence-electron chi connectivity index (χ0n) is 15.5. The summed E-state index contributed by atoms with van der Waals surface area (Å²) in [6, 6.07) is 22.6. The SMILES string of the molecule is Cc1ccc2ccc(C)c(Cc3c(C)ccc4ccc(C)cc34)c2c1. The average molecular weight is 324 g/mol. The minimum Gasteiger partial charge on any atom is -0.0587 e. The van der Waals surface area contributed by atoms with Crippen LogP contribution in [0.2, 0.25) is 0 Å². The van der Waals surface area contributed by atoms with Crippen LogP contribution in [0.25, 0.3) is 21.5 Å². The van der Waals surface area contributed by atoms with Gasteiger partial charge in [-0.3, -0.25) is 0 Å². The summed E-state index contributed by atoms with van der Waals surface area (Å²) in [7, 11) is 0. The molecular formula is C25H24. The van der Waals surface area contributed by atoms with Crippen molar-refractivity contribution in [2.75, 3.05) is 0 Å². The van der Waals surface area contributed by atoms with E-state index in [1.807, 2.05) is 0 Å². The van der Waals surface area contributed by atoms with Crippen LogP contribution in [0.15, 0.2) is 60.7 Å². The Kier molecular flexibility index (Phi) is 3.84. The van der Waals surface area contributed by atoms with Gasteiger partial charge in [0.2, 0.25) is 0 Å². The van der Waals surface area contributed by atoms with Gasteiger partial charge in [0.1, 0.15) is 0 Å². The van der Waals surface area contributed by atoms with Gasteiger partial charge >= 0.3 is 0 Å². The van der Waals surface area contributed by atoms with E-state index in [-0.39, 0.29) is 0 Å². The highest BCUT2D eigenvalue weighted by molar-refractivity contribution is 5.91. The van der Waals surface area contributed by atoms with Gasteiger partial charge in [-0.15, -0.1) is 0 Å². The first kappa shape index (κ1) is 15.9. The fourth-order valence-corrected chi connectivity index (χ4v) is 3.86. The van der Waals surface area contributed by atoms with Gasteiger partial charge in [-0.05, 0) is 77.9 Å². The van der Waals surface area contributed by atoms with Crippen molar-refractivity contribution >= 4 is 21.5 Å². The van der Waals surface area contributed by atoms with Gasteiger partial charge in [-0.2, -0.15) is 0 Å². The molecule has 0 aliphatic heterocycles. The minimum atomic E-state index is 0.985. The van der Waals surface area contributed by atoms with Crippen LogP contribution in [0.5, 0.6) is 0 Å². The Bertz CT molecular complexity index is 1000. The van der Waals surface area contributed by atoms with Crippen molar-refractivity contribution in [1.29, 1.82) is 0 Å². The van der Waals surface area contributed by atoms with E-state index in [4.69, 9.17) is 0 Å². The van der Waals surface area contributed by atoms with Gasteiger partial charge in [0, 0.05) is 0 Å². The van der Waals surface area contributed by atoms with Crippen LogP contribution in [0.3, 0.4) is 0 Å². The first-order valence-corrected chi connectivity index (χ1v) is 9.00. The Balaban J connectivity index is 1.97. The molecule has 0 N–H and O–H groups in total. The highest BCUT2D eigenvalue weighted by Crippen LogP contribution is 2.30. The van der Waals surface area contributed by atoms with Crippen LogP contribution in [0.1, 0.15) is 33.4 Å². The molecule has 0 aliphatic carbocycles. The molecule has 0 unspecified atom stereocenters. The number of benzene rings is 4. The first-order valence-electron chi connectivity index (χ1n) is 9.00. The van der Waals surface area contributed by atoms with E-state index in [0.717, 1.165) is 6.42 Å². The zero-order valence-corrected chi connectivity index (χ0v) is 15.5. The molecule has 0 heterocycles. The van der Waals surface area contributed by atoms with Gasteiger partial charge in [0.15, 0.2) is 0 Å². The summed E-state index contributed by atoms with van der Waals surface area (Å²) in [5.74, 6) is 0. The Labute approximate surface area is 150 Å². The summed E-state index contributed by atoms with van der Waals surface area (Å²) in [4.78, 5) is 0. The van der Waals surface area contributed by atoms with Crippen LogP contribution in [0.4, 0.5) is 0 Å².